The van der Waals surface area contributed by atoms with Gasteiger partial charge in [-0.15, -0.1) is 16.4 Å². The zero-order chi connectivity index (χ0) is 13.7. The first-order chi connectivity index (χ1) is 9.24. The Morgan fingerprint density at radius 2 is 2.26 bits per heavy atom. The van der Waals surface area contributed by atoms with Crippen molar-refractivity contribution >= 4 is 33.1 Å². The second kappa shape index (κ2) is 6.47. The smallest absolute Gasteiger partial charge is 0.263 e. The largest absolute Gasteiger partial charge is 0.397 e. The summed E-state index contributed by atoms with van der Waals surface area (Å²) in [5.41, 5.74) is 6.47. The Kier molecular flexibility index (Phi) is 4.68. The van der Waals surface area contributed by atoms with Crippen LogP contribution in [0.25, 0.3) is 10.2 Å². The van der Waals surface area contributed by atoms with E-state index in [2.05, 4.69) is 22.4 Å². The minimum absolute atomic E-state index is 0.114. The maximum absolute atomic E-state index is 12.0. The van der Waals surface area contributed by atoms with Crippen LogP contribution in [-0.4, -0.2) is 22.6 Å². The van der Waals surface area contributed by atoms with Crippen molar-refractivity contribution in [2.24, 2.45) is 0 Å². The number of carbonyl (C=O) groups is 1. The van der Waals surface area contributed by atoms with E-state index < -0.39 is 0 Å². The number of nitrogens with one attached hydrogen (secondary N) is 1. The van der Waals surface area contributed by atoms with Crippen molar-refractivity contribution < 1.29 is 4.79 Å². The lowest BCUT2D eigenvalue weighted by molar-refractivity contribution is 0.0958. The van der Waals surface area contributed by atoms with Crippen molar-refractivity contribution in [3.05, 3.63) is 17.1 Å². The maximum Gasteiger partial charge on any atom is 0.263 e. The number of thiophene rings is 1. The van der Waals surface area contributed by atoms with E-state index in [1.165, 1.54) is 24.2 Å². The molecule has 0 aliphatic heterocycles. The molecule has 0 spiro atoms. The number of unbranched alkanes of at least 4 members (excludes halogenated alkanes) is 3. The highest BCUT2D eigenvalue weighted by atomic mass is 32.1. The lowest BCUT2D eigenvalue weighted by Gasteiger charge is -2.03. The number of nitrogen functional groups attached to an aromatic ring is 1. The zero-order valence-corrected chi connectivity index (χ0v) is 11.8. The Balaban J connectivity index is 1.99. The van der Waals surface area contributed by atoms with Gasteiger partial charge in [0.15, 0.2) is 0 Å². The minimum atomic E-state index is -0.114. The number of hydrogen-bond acceptors (Lipinski definition) is 5. The normalized spacial score (nSPS) is 10.8. The molecule has 0 atom stereocenters. The Bertz CT molecular complexity index is 567. The first kappa shape index (κ1) is 13.7. The summed E-state index contributed by atoms with van der Waals surface area (Å²) in [6.45, 7) is 2.86. The van der Waals surface area contributed by atoms with E-state index in [9.17, 15) is 4.79 Å². The number of aromatic nitrogens is 2. The predicted molar refractivity (Wildman–Crippen MR) is 78.3 cm³/mol. The van der Waals surface area contributed by atoms with Gasteiger partial charge in [-0.1, -0.05) is 26.2 Å². The van der Waals surface area contributed by atoms with Gasteiger partial charge in [-0.25, -0.2) is 0 Å². The molecule has 0 aliphatic rings. The molecule has 2 heterocycles. The van der Waals surface area contributed by atoms with Crippen LogP contribution in [0, 0.1) is 0 Å². The van der Waals surface area contributed by atoms with Crippen molar-refractivity contribution in [2.75, 3.05) is 12.3 Å². The van der Waals surface area contributed by atoms with E-state index in [4.69, 9.17) is 5.73 Å². The molecule has 2 aromatic rings. The van der Waals surface area contributed by atoms with Gasteiger partial charge in [-0.2, -0.15) is 5.10 Å². The number of rotatable bonds is 6. The first-order valence-corrected chi connectivity index (χ1v) is 7.33. The third-order valence-corrected chi connectivity index (χ3v) is 4.05. The van der Waals surface area contributed by atoms with E-state index in [1.807, 2.05) is 0 Å². The average molecular weight is 278 g/mol. The fourth-order valence-corrected chi connectivity index (χ4v) is 2.83. The molecule has 0 fully saturated rings. The highest BCUT2D eigenvalue weighted by molar-refractivity contribution is 7.21. The second-order valence-corrected chi connectivity index (χ2v) is 5.41. The maximum atomic E-state index is 12.0. The summed E-state index contributed by atoms with van der Waals surface area (Å²) in [4.78, 5) is 13.3. The Hall–Kier alpha value is -1.69. The van der Waals surface area contributed by atoms with Crippen molar-refractivity contribution in [3.8, 4) is 0 Å². The van der Waals surface area contributed by atoms with E-state index in [0.717, 1.165) is 18.2 Å². The van der Waals surface area contributed by atoms with Crippen LogP contribution in [0.3, 0.4) is 0 Å². The molecule has 0 saturated carbocycles. The molecule has 0 bridgehead atoms. The number of anilines is 1. The molecular formula is C13H18N4OS. The predicted octanol–water partition coefficient (Wildman–Crippen LogP) is 2.58. The summed E-state index contributed by atoms with van der Waals surface area (Å²) in [5.74, 6) is -0.114. The number of fused-ring (bicyclic) bond motifs is 1. The Morgan fingerprint density at radius 1 is 1.42 bits per heavy atom. The molecule has 2 aromatic heterocycles. The fraction of sp³-hybridized carbons (Fsp3) is 0.462. The molecule has 0 saturated heterocycles. The average Bonchev–Trinajstić information content (AvgIpc) is 2.76. The lowest BCUT2D eigenvalue weighted by Crippen LogP contribution is -2.24. The summed E-state index contributed by atoms with van der Waals surface area (Å²) in [5, 5.41) is 11.5. The molecule has 5 nitrogen and oxygen atoms in total. The minimum Gasteiger partial charge on any atom is -0.397 e. The summed E-state index contributed by atoms with van der Waals surface area (Å²) in [7, 11) is 0. The first-order valence-electron chi connectivity index (χ1n) is 6.52. The SMILES string of the molecule is CCCCCCNC(=O)c1sc2nnccc2c1N. The van der Waals surface area contributed by atoms with Gasteiger partial charge in [0.1, 0.15) is 9.71 Å². The molecule has 19 heavy (non-hydrogen) atoms. The van der Waals surface area contributed by atoms with Gasteiger partial charge in [0.2, 0.25) is 0 Å². The highest BCUT2D eigenvalue weighted by Gasteiger charge is 2.16. The standard InChI is InChI=1S/C13H18N4OS/c1-2-3-4-5-7-15-12(18)11-10(14)9-6-8-16-17-13(9)19-11/h6,8H,2-5,7,14H2,1H3,(H,15,18). The number of nitrogens with two attached hydrogens (primary N) is 1. The van der Waals surface area contributed by atoms with Crippen molar-refractivity contribution in [1.29, 1.82) is 0 Å². The van der Waals surface area contributed by atoms with Crippen molar-refractivity contribution in [1.82, 2.24) is 15.5 Å². The molecule has 3 N–H and O–H groups in total. The molecule has 0 unspecified atom stereocenters. The van der Waals surface area contributed by atoms with Gasteiger partial charge < -0.3 is 11.1 Å². The number of amides is 1. The van der Waals surface area contributed by atoms with Crippen LogP contribution in [0.5, 0.6) is 0 Å². The monoisotopic (exact) mass is 278 g/mol. The number of carbonyl (C=O) groups excluding carboxylic acids is 1. The second-order valence-electron chi connectivity index (χ2n) is 4.41. The van der Waals surface area contributed by atoms with Crippen LogP contribution < -0.4 is 11.1 Å². The third kappa shape index (κ3) is 3.20. The van der Waals surface area contributed by atoms with E-state index in [1.54, 1.807) is 12.3 Å². The summed E-state index contributed by atoms with van der Waals surface area (Å²) < 4.78 is 0. The number of hydrogen-bond donors (Lipinski definition) is 2. The molecule has 0 radical (unpaired) electrons. The van der Waals surface area contributed by atoms with E-state index in [-0.39, 0.29) is 5.91 Å². The molecular weight excluding hydrogens is 260 g/mol. The summed E-state index contributed by atoms with van der Waals surface area (Å²) >= 11 is 1.29. The van der Waals surface area contributed by atoms with Crippen LogP contribution in [0.4, 0.5) is 5.69 Å². The van der Waals surface area contributed by atoms with E-state index in [0.29, 0.717) is 21.9 Å². The highest BCUT2D eigenvalue weighted by Crippen LogP contribution is 2.31. The Labute approximate surface area is 116 Å². The molecule has 102 valence electrons. The van der Waals surface area contributed by atoms with Gasteiger partial charge in [0.25, 0.3) is 5.91 Å². The van der Waals surface area contributed by atoms with Gasteiger partial charge in [-0.05, 0) is 12.5 Å². The lowest BCUT2D eigenvalue weighted by atomic mass is 10.2. The molecule has 0 aliphatic carbocycles. The van der Waals surface area contributed by atoms with Crippen LogP contribution in [0.1, 0.15) is 42.3 Å². The van der Waals surface area contributed by atoms with Gasteiger partial charge >= 0.3 is 0 Å². The van der Waals surface area contributed by atoms with Crippen LogP contribution in [0.2, 0.25) is 0 Å². The fourth-order valence-electron chi connectivity index (χ4n) is 1.88. The van der Waals surface area contributed by atoms with Crippen molar-refractivity contribution in [2.45, 2.75) is 32.6 Å². The number of nitrogens with zero attached hydrogens (tertiary/aromatic N) is 2. The molecule has 2 rings (SSSR count). The third-order valence-electron chi connectivity index (χ3n) is 2.94. The van der Waals surface area contributed by atoms with Crippen molar-refractivity contribution in [3.63, 3.8) is 0 Å². The van der Waals surface area contributed by atoms with Gasteiger partial charge in [0, 0.05) is 11.9 Å². The van der Waals surface area contributed by atoms with Crippen LogP contribution in [0.15, 0.2) is 12.3 Å². The summed E-state index contributed by atoms with van der Waals surface area (Å²) in [6, 6.07) is 1.78. The molecule has 1 amide bonds. The van der Waals surface area contributed by atoms with Crippen LogP contribution >= 0.6 is 11.3 Å². The van der Waals surface area contributed by atoms with E-state index >= 15 is 0 Å². The van der Waals surface area contributed by atoms with Crippen LogP contribution in [-0.2, 0) is 0 Å². The zero-order valence-electron chi connectivity index (χ0n) is 11.0. The molecule has 0 aromatic carbocycles. The molecule has 6 heteroatoms. The quantitative estimate of drug-likeness (QED) is 0.796. The van der Waals surface area contributed by atoms with Gasteiger partial charge in [0.05, 0.1) is 11.9 Å². The Morgan fingerprint density at radius 3 is 3.00 bits per heavy atom. The summed E-state index contributed by atoms with van der Waals surface area (Å²) in [6.07, 6.45) is 6.12. The van der Waals surface area contributed by atoms with Gasteiger partial charge in [-0.3, -0.25) is 4.79 Å². The topological polar surface area (TPSA) is 80.9 Å².